The lowest BCUT2D eigenvalue weighted by atomic mass is 10.1. The Hall–Kier alpha value is -4.23. The van der Waals surface area contributed by atoms with Gasteiger partial charge in [0.1, 0.15) is 18.5 Å². The van der Waals surface area contributed by atoms with Crippen molar-refractivity contribution in [3.8, 4) is 24.7 Å². The quantitative estimate of drug-likeness (QED) is 0.104. The number of unbranched alkanes of at least 4 members (excludes halogenated alkanes) is 2. The Morgan fingerprint density at radius 3 is 1.86 bits per heavy atom. The Labute approximate surface area is 309 Å². The molecule has 6 rings (SSSR count). The number of aryl methyl sites for hydroxylation is 2. The standard InChI is InChI=1S/C17H15Cl2N5.C16H13Cl2N5S.CH4/c1-2-3-4-7-24-14(8-11-5-6-12(18)9-13(11)19)23-15-16(20)21-10-22-17(15)24;1-2-3-4-7-23-15-13(14(19)20-9-21-15)22-16(23)24-12-6-5-10(17)8-11(12)18;/h1,5-6,9-10H,3-4,7-8H2,(H2,20,21,22);1,5-6,8-9H,3-4,7H2,(H2,19,20,21);1H4. The van der Waals surface area contributed by atoms with Crippen molar-refractivity contribution in [3.63, 3.8) is 0 Å². The average Bonchev–Trinajstić information content (AvgIpc) is 3.59. The third-order valence-corrected chi connectivity index (χ3v) is 9.35. The zero-order valence-corrected chi connectivity index (χ0v) is 29.2. The predicted molar refractivity (Wildman–Crippen MR) is 202 cm³/mol. The molecule has 0 saturated carbocycles. The molecule has 0 unspecified atom stereocenters. The number of rotatable bonds is 10. The maximum atomic E-state index is 6.29. The van der Waals surface area contributed by atoms with Crippen LogP contribution in [0.5, 0.6) is 0 Å². The molecule has 10 nitrogen and oxygen atoms in total. The van der Waals surface area contributed by atoms with Crippen molar-refractivity contribution >= 4 is 92.1 Å². The first-order chi connectivity index (χ1) is 23.2. The zero-order chi connectivity index (χ0) is 34.2. The van der Waals surface area contributed by atoms with Crippen LogP contribution in [0.3, 0.4) is 0 Å². The largest absolute Gasteiger partial charge is 0.382 e. The number of anilines is 2. The molecule has 0 bridgehead atoms. The third-order valence-electron chi connectivity index (χ3n) is 7.03. The second-order valence-corrected chi connectivity index (χ2v) is 13.0. The molecule has 0 aliphatic carbocycles. The summed E-state index contributed by atoms with van der Waals surface area (Å²) in [6.45, 7) is 1.39. The lowest BCUT2D eigenvalue weighted by Gasteiger charge is -2.09. The fourth-order valence-corrected chi connectivity index (χ4v) is 6.67. The number of imidazole rings is 2. The highest BCUT2D eigenvalue weighted by atomic mass is 35.5. The van der Waals surface area contributed by atoms with Gasteiger partial charge in [-0.05, 0) is 48.7 Å². The van der Waals surface area contributed by atoms with Gasteiger partial charge in [-0.1, -0.05) is 71.7 Å². The van der Waals surface area contributed by atoms with E-state index in [-0.39, 0.29) is 7.43 Å². The SMILES string of the molecule is C.C#CCCCn1c(Cc2ccc(Cl)cc2Cl)nc2c(N)ncnc21.C#CCCCn1c(Sc2ccc(Cl)cc2Cl)nc2c(N)ncnc21. The number of benzene rings is 2. The van der Waals surface area contributed by atoms with E-state index in [1.165, 1.54) is 24.4 Å². The lowest BCUT2D eigenvalue weighted by Crippen LogP contribution is -2.06. The van der Waals surface area contributed by atoms with Gasteiger partial charge in [-0.3, -0.25) is 0 Å². The molecule has 0 saturated heterocycles. The fourth-order valence-electron chi connectivity index (χ4n) is 4.75. The topological polar surface area (TPSA) is 139 Å². The van der Waals surface area contributed by atoms with Crippen molar-refractivity contribution in [1.82, 2.24) is 39.0 Å². The van der Waals surface area contributed by atoms with Gasteiger partial charge in [0.05, 0.1) is 5.02 Å². The molecule has 0 fully saturated rings. The molecular weight excluding hydrogens is 722 g/mol. The van der Waals surface area contributed by atoms with E-state index in [0.29, 0.717) is 86.4 Å². The normalized spacial score (nSPS) is 10.7. The summed E-state index contributed by atoms with van der Waals surface area (Å²) in [4.78, 5) is 26.7. The highest BCUT2D eigenvalue weighted by Gasteiger charge is 2.18. The van der Waals surface area contributed by atoms with Crippen LogP contribution >= 0.6 is 58.2 Å². The Bertz CT molecular complexity index is 2010. The summed E-state index contributed by atoms with van der Waals surface area (Å²) in [5.41, 5.74) is 15.4. The van der Waals surface area contributed by atoms with Gasteiger partial charge in [0.2, 0.25) is 0 Å². The molecule has 0 amide bonds. The number of aromatic nitrogens is 8. The molecule has 6 aromatic rings. The van der Waals surface area contributed by atoms with Gasteiger partial charge in [-0.2, -0.15) is 0 Å². The number of fused-ring (bicyclic) bond motifs is 2. The molecule has 0 aliphatic rings. The highest BCUT2D eigenvalue weighted by molar-refractivity contribution is 7.99. The van der Waals surface area contributed by atoms with Crippen molar-refractivity contribution in [3.05, 3.63) is 80.5 Å². The summed E-state index contributed by atoms with van der Waals surface area (Å²) in [5, 5.41) is 3.08. The van der Waals surface area contributed by atoms with E-state index in [1.807, 2.05) is 27.3 Å². The molecule has 0 atom stereocenters. The first kappa shape index (κ1) is 37.6. The van der Waals surface area contributed by atoms with Crippen molar-refractivity contribution in [2.24, 2.45) is 0 Å². The molecule has 0 radical (unpaired) electrons. The Kier molecular flexibility index (Phi) is 13.4. The maximum absolute atomic E-state index is 6.29. The van der Waals surface area contributed by atoms with Crippen LogP contribution in [0.15, 0.2) is 59.1 Å². The predicted octanol–water partition coefficient (Wildman–Crippen LogP) is 8.64. The van der Waals surface area contributed by atoms with Gasteiger partial charge in [0.25, 0.3) is 0 Å². The van der Waals surface area contributed by atoms with E-state index in [4.69, 9.17) is 70.7 Å². The van der Waals surface area contributed by atoms with Crippen molar-refractivity contribution in [2.45, 2.75) is 62.7 Å². The van der Waals surface area contributed by atoms with Crippen LogP contribution in [-0.2, 0) is 19.5 Å². The van der Waals surface area contributed by atoms with Crippen LogP contribution in [0, 0.1) is 24.7 Å². The Morgan fingerprint density at radius 1 is 0.714 bits per heavy atom. The number of nitrogens with two attached hydrogens (primary N) is 2. The second kappa shape index (κ2) is 17.4. The summed E-state index contributed by atoms with van der Waals surface area (Å²) < 4.78 is 4.01. The van der Waals surface area contributed by atoms with Crippen LogP contribution in [0.4, 0.5) is 11.6 Å². The van der Waals surface area contributed by atoms with Crippen LogP contribution in [0.2, 0.25) is 20.1 Å². The maximum Gasteiger partial charge on any atom is 0.175 e. The van der Waals surface area contributed by atoms with E-state index < -0.39 is 0 Å². The minimum atomic E-state index is 0. The summed E-state index contributed by atoms with van der Waals surface area (Å²) in [5.74, 6) is 6.81. The van der Waals surface area contributed by atoms with Crippen LogP contribution in [0.25, 0.3) is 22.3 Å². The van der Waals surface area contributed by atoms with E-state index in [1.54, 1.807) is 18.2 Å². The first-order valence-corrected chi connectivity index (χ1v) is 16.9. The zero-order valence-electron chi connectivity index (χ0n) is 25.4. The third kappa shape index (κ3) is 9.07. The summed E-state index contributed by atoms with van der Waals surface area (Å²) in [7, 11) is 0. The minimum Gasteiger partial charge on any atom is -0.382 e. The van der Waals surface area contributed by atoms with Gasteiger partial charge in [-0.15, -0.1) is 24.7 Å². The monoisotopic (exact) mass is 752 g/mol. The fraction of sp³-hybridized carbons (Fsp3) is 0.235. The molecule has 0 spiro atoms. The smallest absolute Gasteiger partial charge is 0.175 e. The second-order valence-electron chi connectivity index (χ2n) is 10.3. The highest BCUT2D eigenvalue weighted by Crippen LogP contribution is 2.36. The van der Waals surface area contributed by atoms with E-state index >= 15 is 0 Å². The minimum absolute atomic E-state index is 0. The summed E-state index contributed by atoms with van der Waals surface area (Å²) >= 11 is 25.9. The molecule has 4 N–H and O–H groups in total. The molecular formula is C34H32Cl4N10S. The molecule has 252 valence electrons. The van der Waals surface area contributed by atoms with E-state index in [2.05, 4.69) is 41.7 Å². The van der Waals surface area contributed by atoms with Gasteiger partial charge >= 0.3 is 0 Å². The van der Waals surface area contributed by atoms with Gasteiger partial charge in [0, 0.05) is 52.3 Å². The number of terminal acetylenes is 2. The van der Waals surface area contributed by atoms with Crippen molar-refractivity contribution in [1.29, 1.82) is 0 Å². The van der Waals surface area contributed by atoms with Crippen LogP contribution in [-0.4, -0.2) is 39.0 Å². The summed E-state index contributed by atoms with van der Waals surface area (Å²) in [6, 6.07) is 10.8. The van der Waals surface area contributed by atoms with Gasteiger partial charge < -0.3 is 20.6 Å². The number of nitrogen functional groups attached to an aromatic ring is 2. The van der Waals surface area contributed by atoms with Crippen LogP contribution < -0.4 is 11.5 Å². The summed E-state index contributed by atoms with van der Waals surface area (Å²) in [6.07, 6.45) is 17.1. The number of nitrogens with zero attached hydrogens (tertiary/aromatic N) is 8. The number of hydrogen-bond donors (Lipinski definition) is 2. The van der Waals surface area contributed by atoms with Crippen LogP contribution in [0.1, 0.15) is 44.5 Å². The lowest BCUT2D eigenvalue weighted by molar-refractivity contribution is 0.615. The Morgan fingerprint density at radius 2 is 1.27 bits per heavy atom. The molecule has 15 heteroatoms. The van der Waals surface area contributed by atoms with Crippen molar-refractivity contribution in [2.75, 3.05) is 11.5 Å². The van der Waals surface area contributed by atoms with E-state index in [0.717, 1.165) is 34.3 Å². The van der Waals surface area contributed by atoms with Gasteiger partial charge in [-0.25, -0.2) is 29.9 Å². The van der Waals surface area contributed by atoms with Gasteiger partial charge in [0.15, 0.2) is 39.1 Å². The molecule has 0 aliphatic heterocycles. The number of hydrogen-bond acceptors (Lipinski definition) is 9. The average molecular weight is 755 g/mol. The van der Waals surface area contributed by atoms with E-state index in [9.17, 15) is 0 Å². The Balaban J connectivity index is 0.000000216. The van der Waals surface area contributed by atoms with Crippen molar-refractivity contribution < 1.29 is 0 Å². The molecule has 4 aromatic heterocycles. The molecule has 4 heterocycles. The molecule has 2 aromatic carbocycles. The first-order valence-electron chi connectivity index (χ1n) is 14.6. The number of halogens is 4. The molecule has 49 heavy (non-hydrogen) atoms.